The van der Waals surface area contributed by atoms with Crippen molar-refractivity contribution in [3.8, 4) is 0 Å². The fourth-order valence-electron chi connectivity index (χ4n) is 0.904. The van der Waals surface area contributed by atoms with Gasteiger partial charge in [-0.2, -0.15) is 0 Å². The lowest BCUT2D eigenvalue weighted by Crippen LogP contribution is -2.08. The first-order chi connectivity index (χ1) is 5.65. The van der Waals surface area contributed by atoms with Crippen LogP contribution in [0, 0.1) is 0 Å². The summed E-state index contributed by atoms with van der Waals surface area (Å²) < 4.78 is 4.51. The Bertz CT molecular complexity index is 350. The predicted octanol–water partition coefficient (Wildman–Crippen LogP) is 0.900. The third-order valence-electron chi connectivity index (χ3n) is 1.49. The Morgan fingerprint density at radius 1 is 1.58 bits per heavy atom. The Kier molecular flexibility index (Phi) is 2.28. The summed E-state index contributed by atoms with van der Waals surface area (Å²) in [7, 11) is 0. The number of aromatic carboxylic acids is 1. The van der Waals surface area contributed by atoms with Gasteiger partial charge in [-0.3, -0.25) is 0 Å². The lowest BCUT2D eigenvalue weighted by molar-refractivity contribution is 0.0655. The van der Waals surface area contributed by atoms with Crippen LogP contribution in [-0.4, -0.2) is 11.1 Å². The van der Waals surface area contributed by atoms with Crippen LogP contribution in [0.25, 0.3) is 0 Å². The Morgan fingerprint density at radius 2 is 2.25 bits per heavy atom. The average Bonchev–Trinajstić information content (AvgIpc) is 2.04. The molecule has 0 bridgehead atoms. The van der Waals surface area contributed by atoms with E-state index in [2.05, 4.69) is 4.42 Å². The molecule has 1 aromatic rings. The molecular formula is C8H8O4. The lowest BCUT2D eigenvalue weighted by atomic mass is 10.2. The van der Waals surface area contributed by atoms with Gasteiger partial charge in [0.2, 0.25) is 5.76 Å². The zero-order chi connectivity index (χ0) is 9.14. The van der Waals surface area contributed by atoms with Gasteiger partial charge in [-0.15, -0.1) is 0 Å². The fraction of sp³-hybridized carbons (Fsp3) is 0.250. The molecule has 0 fully saturated rings. The molecule has 0 aliphatic carbocycles. The van der Waals surface area contributed by atoms with Crippen LogP contribution in [0.3, 0.4) is 0 Å². The second-order valence-corrected chi connectivity index (χ2v) is 2.27. The summed E-state index contributed by atoms with van der Waals surface area (Å²) in [5.41, 5.74) is -0.105. The van der Waals surface area contributed by atoms with Crippen LogP contribution >= 0.6 is 0 Å². The van der Waals surface area contributed by atoms with Crippen molar-refractivity contribution >= 4 is 5.97 Å². The Labute approximate surface area is 68.4 Å². The molecule has 1 heterocycles. The number of carboxylic acid groups (broad SMARTS) is 1. The molecule has 64 valence electrons. The second kappa shape index (κ2) is 3.21. The predicted molar refractivity (Wildman–Crippen MR) is 41.3 cm³/mol. The van der Waals surface area contributed by atoms with E-state index in [1.54, 1.807) is 6.92 Å². The van der Waals surface area contributed by atoms with E-state index >= 15 is 0 Å². The summed E-state index contributed by atoms with van der Waals surface area (Å²) in [6.07, 6.45) is 0.533. The highest BCUT2D eigenvalue weighted by Gasteiger charge is 2.11. The first-order valence-electron chi connectivity index (χ1n) is 3.51. The molecular weight excluding hydrogens is 160 g/mol. The number of carbonyl (C=O) groups is 1. The van der Waals surface area contributed by atoms with Crippen molar-refractivity contribution in [2.75, 3.05) is 0 Å². The van der Waals surface area contributed by atoms with E-state index in [-0.39, 0.29) is 5.76 Å². The topological polar surface area (TPSA) is 67.5 Å². The van der Waals surface area contributed by atoms with Gasteiger partial charge < -0.3 is 9.52 Å². The van der Waals surface area contributed by atoms with E-state index < -0.39 is 11.6 Å². The van der Waals surface area contributed by atoms with Crippen LogP contribution in [0.4, 0.5) is 0 Å². The second-order valence-electron chi connectivity index (χ2n) is 2.27. The molecule has 0 unspecified atom stereocenters. The van der Waals surface area contributed by atoms with Crippen molar-refractivity contribution in [2.45, 2.75) is 13.3 Å². The standard InChI is InChI=1S/C8H8O4/c1-2-5-3-4-6(9)12-7(5)8(10)11/h3-4H,2H2,1H3,(H,10,11). The van der Waals surface area contributed by atoms with Crippen LogP contribution < -0.4 is 5.63 Å². The zero-order valence-corrected chi connectivity index (χ0v) is 6.53. The molecule has 4 heteroatoms. The number of hydrogen-bond donors (Lipinski definition) is 1. The number of carboxylic acids is 1. The maximum absolute atomic E-state index is 10.6. The van der Waals surface area contributed by atoms with Crippen molar-refractivity contribution in [1.29, 1.82) is 0 Å². The molecule has 0 aromatic carbocycles. The van der Waals surface area contributed by atoms with E-state index in [0.717, 1.165) is 0 Å². The summed E-state index contributed by atoms with van der Waals surface area (Å²) in [5.74, 6) is -1.46. The smallest absolute Gasteiger partial charge is 0.372 e. The highest BCUT2D eigenvalue weighted by atomic mass is 16.4. The van der Waals surface area contributed by atoms with Crippen LogP contribution in [0.1, 0.15) is 23.0 Å². The third kappa shape index (κ3) is 1.53. The Hall–Kier alpha value is -1.58. The molecule has 0 radical (unpaired) electrons. The summed E-state index contributed by atoms with van der Waals surface area (Å²) in [5, 5.41) is 8.59. The molecule has 0 atom stereocenters. The number of aryl methyl sites for hydroxylation is 1. The van der Waals surface area contributed by atoms with Crippen LogP contribution in [-0.2, 0) is 6.42 Å². The molecule has 0 aliphatic rings. The lowest BCUT2D eigenvalue weighted by Gasteiger charge is -1.98. The third-order valence-corrected chi connectivity index (χ3v) is 1.49. The van der Waals surface area contributed by atoms with Crippen molar-refractivity contribution in [3.05, 3.63) is 33.9 Å². The largest absolute Gasteiger partial charge is 0.475 e. The minimum atomic E-state index is -1.20. The van der Waals surface area contributed by atoms with Crippen molar-refractivity contribution in [2.24, 2.45) is 0 Å². The van der Waals surface area contributed by atoms with Gasteiger partial charge in [0.15, 0.2) is 0 Å². The van der Waals surface area contributed by atoms with Crippen LogP contribution in [0.2, 0.25) is 0 Å². The Morgan fingerprint density at radius 3 is 2.75 bits per heavy atom. The Balaban J connectivity index is 3.31. The van der Waals surface area contributed by atoms with E-state index in [1.807, 2.05) is 0 Å². The average molecular weight is 168 g/mol. The maximum Gasteiger partial charge on any atom is 0.372 e. The number of hydrogen-bond acceptors (Lipinski definition) is 3. The van der Waals surface area contributed by atoms with Gasteiger partial charge in [0, 0.05) is 11.6 Å². The monoisotopic (exact) mass is 168 g/mol. The molecule has 0 saturated heterocycles. The van der Waals surface area contributed by atoms with E-state index in [9.17, 15) is 9.59 Å². The van der Waals surface area contributed by atoms with Gasteiger partial charge >= 0.3 is 11.6 Å². The summed E-state index contributed by atoms with van der Waals surface area (Å²) in [6, 6.07) is 2.68. The minimum Gasteiger partial charge on any atom is -0.475 e. The van der Waals surface area contributed by atoms with E-state index in [0.29, 0.717) is 12.0 Å². The highest BCUT2D eigenvalue weighted by Crippen LogP contribution is 2.05. The molecule has 12 heavy (non-hydrogen) atoms. The van der Waals surface area contributed by atoms with Gasteiger partial charge in [0.1, 0.15) is 0 Å². The van der Waals surface area contributed by atoms with Gasteiger partial charge in [-0.25, -0.2) is 9.59 Å². The summed E-state index contributed by atoms with van der Waals surface area (Å²) in [4.78, 5) is 21.1. The highest BCUT2D eigenvalue weighted by molar-refractivity contribution is 5.85. The van der Waals surface area contributed by atoms with Crippen molar-refractivity contribution in [1.82, 2.24) is 0 Å². The van der Waals surface area contributed by atoms with Crippen LogP contribution in [0.15, 0.2) is 21.3 Å². The molecule has 0 spiro atoms. The molecule has 1 N–H and O–H groups in total. The summed E-state index contributed by atoms with van der Waals surface area (Å²) in [6.45, 7) is 1.79. The van der Waals surface area contributed by atoms with Crippen molar-refractivity contribution in [3.63, 3.8) is 0 Å². The van der Waals surface area contributed by atoms with Crippen molar-refractivity contribution < 1.29 is 14.3 Å². The van der Waals surface area contributed by atoms with Crippen LogP contribution in [0.5, 0.6) is 0 Å². The van der Waals surface area contributed by atoms with Gasteiger partial charge in [-0.05, 0) is 12.5 Å². The molecule has 4 nitrogen and oxygen atoms in total. The maximum atomic E-state index is 10.6. The minimum absolute atomic E-state index is 0.259. The zero-order valence-electron chi connectivity index (χ0n) is 6.53. The first-order valence-corrected chi connectivity index (χ1v) is 3.51. The quantitative estimate of drug-likeness (QED) is 0.712. The molecule has 0 saturated carbocycles. The van der Waals surface area contributed by atoms with Gasteiger partial charge in [-0.1, -0.05) is 6.92 Å². The summed E-state index contributed by atoms with van der Waals surface area (Å²) >= 11 is 0. The normalized spacial score (nSPS) is 9.75. The first kappa shape index (κ1) is 8.52. The molecule has 0 aliphatic heterocycles. The van der Waals surface area contributed by atoms with E-state index in [1.165, 1.54) is 12.1 Å². The fourth-order valence-corrected chi connectivity index (χ4v) is 0.904. The molecule has 1 rings (SSSR count). The molecule has 0 amide bonds. The SMILES string of the molecule is CCc1ccc(=O)oc1C(=O)O. The van der Waals surface area contributed by atoms with E-state index in [4.69, 9.17) is 5.11 Å². The van der Waals surface area contributed by atoms with Gasteiger partial charge in [0.25, 0.3) is 0 Å². The van der Waals surface area contributed by atoms with Gasteiger partial charge in [0.05, 0.1) is 0 Å². The molecule has 1 aromatic heterocycles. The number of rotatable bonds is 2.